The highest BCUT2D eigenvalue weighted by Gasteiger charge is 2.51. The van der Waals surface area contributed by atoms with Crippen molar-refractivity contribution < 1.29 is 42.9 Å². The van der Waals surface area contributed by atoms with Gasteiger partial charge < -0.3 is 29.5 Å². The molecular formula is C34H34N2O9S3. The summed E-state index contributed by atoms with van der Waals surface area (Å²) in [6.07, 6.45) is -3.46. The lowest BCUT2D eigenvalue weighted by Gasteiger charge is -2.44. The second-order valence-corrected chi connectivity index (χ2v) is 14.8. The second kappa shape index (κ2) is 15.0. The molecule has 0 radical (unpaired) electrons. The number of thiophene rings is 1. The predicted octanol–water partition coefficient (Wildman–Crippen LogP) is 5.99. The Morgan fingerprint density at radius 3 is 2.19 bits per heavy atom. The number of esters is 3. The van der Waals surface area contributed by atoms with Crippen LogP contribution < -0.4 is 5.73 Å². The summed E-state index contributed by atoms with van der Waals surface area (Å²) in [5, 5.41) is 0.583. The summed E-state index contributed by atoms with van der Waals surface area (Å²) in [5.74, 6) is -3.23. The van der Waals surface area contributed by atoms with Crippen molar-refractivity contribution in [3.63, 3.8) is 0 Å². The molecule has 5 rings (SSSR count). The van der Waals surface area contributed by atoms with Gasteiger partial charge >= 0.3 is 17.9 Å². The molecule has 11 nitrogen and oxygen atoms in total. The molecule has 3 heterocycles. The molecule has 2 N–H and O–H groups in total. The number of rotatable bonds is 11. The summed E-state index contributed by atoms with van der Waals surface area (Å²) in [7, 11) is 0. The van der Waals surface area contributed by atoms with E-state index in [1.807, 2.05) is 43.3 Å². The molecule has 0 saturated carbocycles. The first-order chi connectivity index (χ1) is 22.8. The van der Waals surface area contributed by atoms with Crippen molar-refractivity contribution in [1.29, 1.82) is 0 Å². The molecule has 5 atom stereocenters. The second-order valence-electron chi connectivity index (χ2n) is 11.4. The number of thioether (sulfide) groups is 1. The van der Waals surface area contributed by atoms with Gasteiger partial charge in [-0.25, -0.2) is 4.98 Å². The van der Waals surface area contributed by atoms with Crippen LogP contribution in [0.4, 0.5) is 5.69 Å². The summed E-state index contributed by atoms with van der Waals surface area (Å²) in [5.41, 5.74) is 8.89. The third-order valence-electron chi connectivity index (χ3n) is 7.51. The monoisotopic (exact) mass is 710 g/mol. The van der Waals surface area contributed by atoms with Crippen LogP contribution in [0.1, 0.15) is 54.9 Å². The lowest BCUT2D eigenvalue weighted by Crippen LogP contribution is -2.58. The number of nitrogens with two attached hydrogens (primary N) is 1. The molecule has 0 amide bonds. The van der Waals surface area contributed by atoms with Crippen LogP contribution in [0, 0.1) is 12.8 Å². The Morgan fingerprint density at radius 1 is 0.896 bits per heavy atom. The van der Waals surface area contributed by atoms with Crippen molar-refractivity contribution in [3.05, 3.63) is 64.5 Å². The molecule has 48 heavy (non-hydrogen) atoms. The van der Waals surface area contributed by atoms with Gasteiger partial charge in [0.2, 0.25) is 5.78 Å². The number of hydrogen-bond donors (Lipinski definition) is 1. The first kappa shape index (κ1) is 35.2. The van der Waals surface area contributed by atoms with Crippen LogP contribution >= 0.6 is 34.4 Å². The van der Waals surface area contributed by atoms with Gasteiger partial charge in [-0.2, -0.15) is 0 Å². The number of carbonyl (C=O) groups is 5. The summed E-state index contributed by atoms with van der Waals surface area (Å²) in [6.45, 7) is 6.64. The molecule has 0 aliphatic carbocycles. The largest absolute Gasteiger partial charge is 0.463 e. The zero-order valence-electron chi connectivity index (χ0n) is 26.8. The number of hydrogen-bond acceptors (Lipinski definition) is 14. The molecule has 252 valence electrons. The van der Waals surface area contributed by atoms with E-state index < -0.39 is 47.6 Å². The van der Waals surface area contributed by atoms with Crippen LogP contribution in [0.3, 0.4) is 0 Å². The molecule has 1 aliphatic rings. The van der Waals surface area contributed by atoms with E-state index in [9.17, 15) is 24.0 Å². The topological polar surface area (TPSA) is 161 Å². The summed E-state index contributed by atoms with van der Waals surface area (Å²) in [6, 6.07) is 14.8. The number of aryl methyl sites for hydroxylation is 1. The zero-order valence-corrected chi connectivity index (χ0v) is 29.3. The van der Waals surface area contributed by atoms with Crippen LogP contribution in [-0.2, 0) is 38.1 Å². The third kappa shape index (κ3) is 7.95. The Morgan fingerprint density at radius 2 is 1.56 bits per heavy atom. The predicted molar refractivity (Wildman–Crippen MR) is 183 cm³/mol. The van der Waals surface area contributed by atoms with Crippen molar-refractivity contribution in [3.8, 4) is 10.6 Å². The lowest BCUT2D eigenvalue weighted by molar-refractivity contribution is -0.220. The van der Waals surface area contributed by atoms with E-state index in [2.05, 4.69) is 0 Å². The highest BCUT2D eigenvalue weighted by atomic mass is 32.2. The SMILES string of the molecule is CC(=O)C[C@@H]1[C@@H](OC(C)=O)[C@@H](OC(C)=O)[C@@H](COC(C)=O)O[C@H]1Sc1sc(C(=O)c2ccc(C)cc2)c(N)c1-c1nc2ccccc2s1. The van der Waals surface area contributed by atoms with Crippen molar-refractivity contribution >= 4 is 79.8 Å². The molecule has 0 spiro atoms. The van der Waals surface area contributed by atoms with E-state index in [1.165, 1.54) is 62.1 Å². The number of ether oxygens (including phenoxy) is 4. The highest BCUT2D eigenvalue weighted by molar-refractivity contribution is 8.01. The molecule has 1 fully saturated rings. The van der Waals surface area contributed by atoms with Crippen LogP contribution in [0.25, 0.3) is 20.8 Å². The molecule has 1 aliphatic heterocycles. The van der Waals surface area contributed by atoms with Crippen molar-refractivity contribution in [2.45, 2.75) is 69.0 Å². The molecule has 14 heteroatoms. The van der Waals surface area contributed by atoms with Crippen LogP contribution in [0.5, 0.6) is 0 Å². The summed E-state index contributed by atoms with van der Waals surface area (Å²) >= 11 is 3.78. The number of anilines is 1. The Bertz CT molecular complexity index is 1830. The fourth-order valence-corrected chi connectivity index (χ4v) is 9.40. The van der Waals surface area contributed by atoms with Gasteiger partial charge in [0.15, 0.2) is 6.10 Å². The average molecular weight is 711 g/mol. The number of thiazole rings is 1. The summed E-state index contributed by atoms with van der Waals surface area (Å²) < 4.78 is 24.5. The molecule has 2 aromatic carbocycles. The van der Waals surface area contributed by atoms with Crippen molar-refractivity contribution in [2.75, 3.05) is 12.3 Å². The van der Waals surface area contributed by atoms with Crippen LogP contribution in [-0.4, -0.2) is 64.8 Å². The molecular weight excluding hydrogens is 677 g/mol. The number of aromatic nitrogens is 1. The average Bonchev–Trinajstić information content (AvgIpc) is 3.58. The maximum absolute atomic E-state index is 13.8. The fraction of sp³-hybridized carbons (Fsp3) is 0.353. The van der Waals surface area contributed by atoms with Crippen LogP contribution in [0.15, 0.2) is 52.7 Å². The third-order valence-corrected chi connectivity index (χ3v) is 11.2. The normalized spacial score (nSPS) is 20.6. The number of nitrogens with zero attached hydrogens (tertiary/aromatic N) is 1. The number of carbonyl (C=O) groups excluding carboxylic acids is 5. The number of para-hydroxylation sites is 1. The standard InChI is InChI=1S/C34H34N2O9S3/c1-16-10-12-21(13-11-16)28(41)31-27(35)26(32-36-23-8-6-7-9-25(23)46-32)34(47-31)48-33-22(14-17(2)37)29(43-19(4)39)30(44-20(5)40)24(45-33)15-42-18(3)38/h6-13,22,24,29-30,33H,14-15,35H2,1-5H3/t22-,24-,29-,30+,33+/m1/s1. The van der Waals surface area contributed by atoms with Gasteiger partial charge in [0.1, 0.15) is 35.0 Å². The zero-order chi connectivity index (χ0) is 34.7. The van der Waals surface area contributed by atoms with Gasteiger partial charge in [-0.1, -0.05) is 53.7 Å². The van der Waals surface area contributed by atoms with Gasteiger partial charge in [-0.3, -0.25) is 19.2 Å². The number of Topliss-reactive ketones (excluding diaryl/α,β-unsaturated/α-hetero) is 1. The van der Waals surface area contributed by atoms with E-state index in [0.717, 1.165) is 15.8 Å². The van der Waals surface area contributed by atoms with Crippen molar-refractivity contribution in [2.24, 2.45) is 5.92 Å². The van der Waals surface area contributed by atoms with E-state index >= 15 is 0 Å². The lowest BCUT2D eigenvalue weighted by atomic mass is 9.88. The Kier molecular flexibility index (Phi) is 11.0. The maximum Gasteiger partial charge on any atom is 0.303 e. The number of fused-ring (bicyclic) bond motifs is 1. The van der Waals surface area contributed by atoms with Crippen LogP contribution in [0.2, 0.25) is 0 Å². The molecule has 2 aromatic heterocycles. The van der Waals surface area contributed by atoms with Gasteiger partial charge in [0.05, 0.1) is 30.6 Å². The summed E-state index contributed by atoms with van der Waals surface area (Å²) in [4.78, 5) is 68.0. The van der Waals surface area contributed by atoms with Gasteiger partial charge in [-0.15, -0.1) is 22.7 Å². The quantitative estimate of drug-likeness (QED) is 0.110. The van der Waals surface area contributed by atoms with Gasteiger partial charge in [0.25, 0.3) is 0 Å². The number of benzene rings is 2. The minimum atomic E-state index is -1.18. The Labute approximate surface area is 289 Å². The smallest absolute Gasteiger partial charge is 0.303 e. The van der Waals surface area contributed by atoms with E-state index in [1.54, 1.807) is 12.1 Å². The minimum Gasteiger partial charge on any atom is -0.463 e. The van der Waals surface area contributed by atoms with Gasteiger partial charge in [0, 0.05) is 38.7 Å². The molecule has 0 unspecified atom stereocenters. The molecule has 4 aromatic rings. The van der Waals surface area contributed by atoms with E-state index in [0.29, 0.717) is 25.2 Å². The number of nitrogen functional groups attached to an aromatic ring is 1. The number of ketones is 2. The maximum atomic E-state index is 13.8. The molecule has 1 saturated heterocycles. The fourth-order valence-electron chi connectivity index (χ4n) is 5.43. The Balaban J connectivity index is 1.64. The van der Waals surface area contributed by atoms with E-state index in [-0.39, 0.29) is 30.3 Å². The van der Waals surface area contributed by atoms with Crippen molar-refractivity contribution in [1.82, 2.24) is 4.98 Å². The highest BCUT2D eigenvalue weighted by Crippen LogP contribution is 2.51. The Hall–Kier alpha value is -4.11. The first-order valence-corrected chi connectivity index (χ1v) is 17.5. The van der Waals surface area contributed by atoms with Gasteiger partial charge in [-0.05, 0) is 26.0 Å². The molecule has 0 bridgehead atoms. The first-order valence-electron chi connectivity index (χ1n) is 15.0. The van der Waals surface area contributed by atoms with E-state index in [4.69, 9.17) is 29.7 Å². The minimum absolute atomic E-state index is 0.0971.